The molecule has 0 radical (unpaired) electrons. The van der Waals surface area contributed by atoms with E-state index >= 15 is 0 Å². The minimum absolute atomic E-state index is 0.138. The number of carbonyl (C=O) groups is 2. The summed E-state index contributed by atoms with van der Waals surface area (Å²) in [6.07, 6.45) is 0. The molecule has 2 aromatic carbocycles. The summed E-state index contributed by atoms with van der Waals surface area (Å²) in [4.78, 5) is 25.7. The molecule has 0 amide bonds. The highest BCUT2D eigenvalue weighted by atomic mass is 35.5. The van der Waals surface area contributed by atoms with E-state index in [1.165, 1.54) is 0 Å². The highest BCUT2D eigenvalue weighted by Gasteiger charge is 2.75. The predicted molar refractivity (Wildman–Crippen MR) is 99.7 cm³/mol. The fourth-order valence-electron chi connectivity index (χ4n) is 3.50. The highest BCUT2D eigenvalue weighted by Crippen LogP contribution is 2.66. The number of esters is 1. The molecule has 0 bridgehead atoms. The van der Waals surface area contributed by atoms with Crippen LogP contribution >= 0.6 is 11.6 Å². The van der Waals surface area contributed by atoms with Crippen LogP contribution in [0.5, 0.6) is 5.75 Å². The normalized spacial score (nSPS) is 23.2. The molecule has 5 nitrogen and oxygen atoms in total. The van der Waals surface area contributed by atoms with Gasteiger partial charge in [0.15, 0.2) is 11.2 Å². The van der Waals surface area contributed by atoms with Gasteiger partial charge in [0.2, 0.25) is 0 Å². The van der Waals surface area contributed by atoms with Gasteiger partial charge in [-0.3, -0.25) is 9.59 Å². The summed E-state index contributed by atoms with van der Waals surface area (Å²) >= 11 is 5.89. The highest BCUT2D eigenvalue weighted by molar-refractivity contribution is 6.30. The van der Waals surface area contributed by atoms with Crippen LogP contribution in [-0.4, -0.2) is 25.5 Å². The summed E-state index contributed by atoms with van der Waals surface area (Å²) in [7, 11) is 1.55. The molecule has 6 heteroatoms. The largest absolute Gasteiger partial charge is 0.497 e. The maximum atomic E-state index is 13.1. The molecule has 1 fully saturated rings. The summed E-state index contributed by atoms with van der Waals surface area (Å²) in [6, 6.07) is 15.5. The Bertz CT molecular complexity index is 901. The lowest BCUT2D eigenvalue weighted by atomic mass is 9.99. The van der Waals surface area contributed by atoms with Gasteiger partial charge in [-0.05, 0) is 48.9 Å². The molecule has 0 saturated heterocycles. The van der Waals surface area contributed by atoms with Crippen LogP contribution in [0.4, 0.5) is 0 Å². The molecule has 1 aliphatic carbocycles. The first kappa shape index (κ1) is 18.9. The van der Waals surface area contributed by atoms with E-state index in [2.05, 4.69) is 6.07 Å². The van der Waals surface area contributed by atoms with Crippen molar-refractivity contribution in [3.05, 3.63) is 64.7 Å². The Labute approximate surface area is 162 Å². The number of ketones is 1. The number of carbonyl (C=O) groups excluding carboxylic acids is 2. The van der Waals surface area contributed by atoms with E-state index in [0.717, 1.165) is 5.56 Å². The number of ether oxygens (including phenoxy) is 2. The smallest absolute Gasteiger partial charge is 0.327 e. The van der Waals surface area contributed by atoms with Crippen molar-refractivity contribution in [2.75, 3.05) is 13.7 Å². The van der Waals surface area contributed by atoms with E-state index < -0.39 is 23.2 Å². The van der Waals surface area contributed by atoms with Crippen molar-refractivity contribution in [3.63, 3.8) is 0 Å². The average Bonchev–Trinajstić information content (AvgIpc) is 3.38. The van der Waals surface area contributed by atoms with E-state index in [1.807, 2.05) is 0 Å². The second-order valence-electron chi connectivity index (χ2n) is 6.30. The first-order chi connectivity index (χ1) is 13.0. The van der Waals surface area contributed by atoms with Gasteiger partial charge in [-0.25, -0.2) is 0 Å². The minimum Gasteiger partial charge on any atom is -0.497 e. The molecular weight excluding hydrogens is 366 g/mol. The maximum absolute atomic E-state index is 13.1. The molecule has 0 aromatic heterocycles. The Balaban J connectivity index is 2.02. The van der Waals surface area contributed by atoms with Crippen LogP contribution in [0.1, 0.15) is 28.8 Å². The Kier molecular flexibility index (Phi) is 5.20. The van der Waals surface area contributed by atoms with Gasteiger partial charge >= 0.3 is 5.97 Å². The zero-order chi connectivity index (χ0) is 19.6. The molecule has 1 aliphatic rings. The zero-order valence-electron chi connectivity index (χ0n) is 14.9. The van der Waals surface area contributed by atoms with Crippen LogP contribution in [0.3, 0.4) is 0 Å². The van der Waals surface area contributed by atoms with Crippen LogP contribution in [0.25, 0.3) is 0 Å². The zero-order valence-corrected chi connectivity index (χ0v) is 15.7. The Morgan fingerprint density at radius 2 is 1.78 bits per heavy atom. The van der Waals surface area contributed by atoms with Gasteiger partial charge in [-0.1, -0.05) is 23.7 Å². The van der Waals surface area contributed by atoms with Crippen LogP contribution < -0.4 is 4.74 Å². The molecule has 0 aliphatic heterocycles. The summed E-state index contributed by atoms with van der Waals surface area (Å²) in [5.74, 6) is -1.67. The summed E-state index contributed by atoms with van der Waals surface area (Å²) in [6.45, 7) is 1.81. The van der Waals surface area contributed by atoms with E-state index in [1.54, 1.807) is 62.6 Å². The molecule has 1 saturated carbocycles. The summed E-state index contributed by atoms with van der Waals surface area (Å²) in [5, 5.41) is 10.4. The monoisotopic (exact) mass is 383 g/mol. The summed E-state index contributed by atoms with van der Waals surface area (Å²) in [5.41, 5.74) is -0.400. The second-order valence-corrected chi connectivity index (χ2v) is 6.74. The minimum atomic E-state index is -1.53. The third-order valence-corrected chi connectivity index (χ3v) is 5.14. The quantitative estimate of drug-likeness (QED) is 0.556. The van der Waals surface area contributed by atoms with Crippen molar-refractivity contribution < 1.29 is 19.1 Å². The maximum Gasteiger partial charge on any atom is 0.327 e. The van der Waals surface area contributed by atoms with Crippen LogP contribution in [0.15, 0.2) is 48.5 Å². The number of Topliss-reactive ketones (excluding diaryl/α,β-unsaturated/α-hetero) is 1. The van der Waals surface area contributed by atoms with Crippen molar-refractivity contribution in [1.29, 1.82) is 5.26 Å². The molecule has 138 valence electrons. The molecule has 3 rings (SSSR count). The third-order valence-electron chi connectivity index (χ3n) is 4.89. The summed E-state index contributed by atoms with van der Waals surface area (Å²) < 4.78 is 10.3. The number of methoxy groups -OCH3 is 1. The Hall–Kier alpha value is -2.84. The number of rotatable bonds is 6. The van der Waals surface area contributed by atoms with E-state index in [0.29, 0.717) is 16.3 Å². The van der Waals surface area contributed by atoms with Crippen LogP contribution in [-0.2, 0) is 9.53 Å². The van der Waals surface area contributed by atoms with Gasteiger partial charge in [0.25, 0.3) is 0 Å². The standard InChI is InChI=1S/C21H18ClNO4/c1-3-27-20(25)21(12-23)17(13-6-10-16(26-2)11-7-13)18(21)19(24)14-4-8-15(22)9-5-14/h4-11,17-18H,3H2,1-2H3. The lowest BCUT2D eigenvalue weighted by Gasteiger charge is -2.08. The molecule has 27 heavy (non-hydrogen) atoms. The SMILES string of the molecule is CCOC(=O)C1(C#N)C(C(=O)c2ccc(Cl)cc2)C1c1ccc(OC)cc1. The Morgan fingerprint density at radius 1 is 1.15 bits per heavy atom. The predicted octanol–water partition coefficient (Wildman–Crippen LogP) is 4.02. The fourth-order valence-corrected chi connectivity index (χ4v) is 3.62. The van der Waals surface area contributed by atoms with E-state index in [4.69, 9.17) is 21.1 Å². The number of benzene rings is 2. The van der Waals surface area contributed by atoms with Crippen molar-refractivity contribution in [2.24, 2.45) is 11.3 Å². The van der Waals surface area contributed by atoms with Crippen molar-refractivity contribution in [3.8, 4) is 11.8 Å². The number of hydrogen-bond acceptors (Lipinski definition) is 5. The molecular formula is C21H18ClNO4. The molecule has 3 atom stereocenters. The molecule has 2 aromatic rings. The topological polar surface area (TPSA) is 76.4 Å². The van der Waals surface area contributed by atoms with Gasteiger partial charge in [-0.2, -0.15) is 5.26 Å². The Morgan fingerprint density at radius 3 is 2.30 bits per heavy atom. The average molecular weight is 384 g/mol. The molecule has 0 heterocycles. The molecule has 3 unspecified atom stereocenters. The molecule has 0 N–H and O–H groups in total. The van der Waals surface area contributed by atoms with Gasteiger partial charge in [0, 0.05) is 16.5 Å². The van der Waals surface area contributed by atoms with Crippen molar-refractivity contribution in [1.82, 2.24) is 0 Å². The molecule has 0 spiro atoms. The lowest BCUT2D eigenvalue weighted by Crippen LogP contribution is -2.23. The lowest BCUT2D eigenvalue weighted by molar-refractivity contribution is -0.147. The van der Waals surface area contributed by atoms with E-state index in [-0.39, 0.29) is 12.4 Å². The third kappa shape index (κ3) is 3.17. The van der Waals surface area contributed by atoms with Crippen LogP contribution in [0.2, 0.25) is 5.02 Å². The number of nitrogens with zero attached hydrogens (tertiary/aromatic N) is 1. The van der Waals surface area contributed by atoms with Gasteiger partial charge in [-0.15, -0.1) is 0 Å². The van der Waals surface area contributed by atoms with E-state index in [9.17, 15) is 14.9 Å². The van der Waals surface area contributed by atoms with Gasteiger partial charge in [0.1, 0.15) is 5.75 Å². The first-order valence-electron chi connectivity index (χ1n) is 8.51. The fraction of sp³-hybridized carbons (Fsp3) is 0.286. The second kappa shape index (κ2) is 7.42. The van der Waals surface area contributed by atoms with Crippen molar-refractivity contribution >= 4 is 23.4 Å². The number of nitriles is 1. The van der Waals surface area contributed by atoms with Gasteiger partial charge < -0.3 is 9.47 Å². The number of hydrogen-bond donors (Lipinski definition) is 0. The number of halogens is 1. The van der Waals surface area contributed by atoms with Crippen LogP contribution in [0, 0.1) is 22.7 Å². The van der Waals surface area contributed by atoms with Crippen molar-refractivity contribution in [2.45, 2.75) is 12.8 Å². The van der Waals surface area contributed by atoms with Gasteiger partial charge in [0.05, 0.1) is 25.7 Å². The first-order valence-corrected chi connectivity index (χ1v) is 8.89.